The first-order valence-corrected chi connectivity index (χ1v) is 6.45. The standard InChI is InChI=1S/C12H13F4NOS/c1-11(2,3)19(18)17-7-8-4-5-9(6-10(8)13)12(14,15)16/h4-7H,1-3H3. The molecule has 0 aliphatic heterocycles. The lowest BCUT2D eigenvalue weighted by atomic mass is 10.1. The number of hydrogen-bond donors (Lipinski definition) is 0. The van der Waals surface area contributed by atoms with E-state index in [0.717, 1.165) is 18.3 Å². The highest BCUT2D eigenvalue weighted by Gasteiger charge is 2.31. The molecule has 19 heavy (non-hydrogen) atoms. The Hall–Kier alpha value is -1.08. The lowest BCUT2D eigenvalue weighted by molar-refractivity contribution is -0.137. The lowest BCUT2D eigenvalue weighted by Gasteiger charge is -2.17. The molecule has 0 N–H and O–H groups in total. The molecular weight excluding hydrogens is 282 g/mol. The summed E-state index contributed by atoms with van der Waals surface area (Å²) in [5, 5.41) is 0. The average Bonchev–Trinajstić information content (AvgIpc) is 2.24. The molecule has 0 saturated carbocycles. The predicted molar refractivity (Wildman–Crippen MR) is 66.9 cm³/mol. The Kier molecular flexibility index (Phi) is 4.63. The van der Waals surface area contributed by atoms with E-state index in [4.69, 9.17) is 0 Å². The number of rotatable bonds is 2. The van der Waals surface area contributed by atoms with E-state index in [1.807, 2.05) is 0 Å². The first-order valence-electron chi connectivity index (χ1n) is 5.34. The van der Waals surface area contributed by atoms with E-state index in [0.29, 0.717) is 6.07 Å². The van der Waals surface area contributed by atoms with Crippen LogP contribution >= 0.6 is 0 Å². The fourth-order valence-electron chi connectivity index (χ4n) is 1.07. The van der Waals surface area contributed by atoms with E-state index in [1.165, 1.54) is 0 Å². The summed E-state index contributed by atoms with van der Waals surface area (Å²) in [5.41, 5.74) is -1.20. The molecule has 0 aromatic heterocycles. The second-order valence-electron chi connectivity index (χ2n) is 4.83. The summed E-state index contributed by atoms with van der Waals surface area (Å²) in [6, 6.07) is 2.10. The van der Waals surface area contributed by atoms with Gasteiger partial charge in [0, 0.05) is 5.56 Å². The molecule has 0 heterocycles. The molecule has 0 fully saturated rings. The Morgan fingerprint density at radius 3 is 2.21 bits per heavy atom. The molecule has 7 heteroatoms. The van der Waals surface area contributed by atoms with Crippen molar-refractivity contribution in [3.05, 3.63) is 35.1 Å². The molecule has 106 valence electrons. The maximum absolute atomic E-state index is 13.4. The summed E-state index contributed by atoms with van der Waals surface area (Å²) in [4.78, 5) is 0. The zero-order valence-corrected chi connectivity index (χ0v) is 11.4. The predicted octanol–water partition coefficient (Wildman–Crippen LogP) is 3.73. The van der Waals surface area contributed by atoms with E-state index < -0.39 is 33.7 Å². The average molecular weight is 295 g/mol. The second-order valence-corrected chi connectivity index (χ2v) is 6.76. The van der Waals surface area contributed by atoms with Crippen LogP contribution < -0.4 is 0 Å². The van der Waals surface area contributed by atoms with Crippen LogP contribution in [0, 0.1) is 5.82 Å². The molecular formula is C12H13F4NOS. The van der Waals surface area contributed by atoms with Gasteiger partial charge in [-0.1, -0.05) is 4.40 Å². The first kappa shape index (κ1) is 16.0. The van der Waals surface area contributed by atoms with E-state index in [1.54, 1.807) is 20.8 Å². The van der Waals surface area contributed by atoms with Crippen molar-refractivity contribution >= 4 is 17.6 Å². The fourth-order valence-corrected chi connectivity index (χ4v) is 1.60. The molecule has 2 nitrogen and oxygen atoms in total. The molecule has 0 radical (unpaired) electrons. The summed E-state index contributed by atoms with van der Waals surface area (Å²) in [7, 11) is 0. The van der Waals surface area contributed by atoms with Crippen LogP contribution in [0.2, 0.25) is 0 Å². The summed E-state index contributed by atoms with van der Waals surface area (Å²) >= 11 is -1.59. The highest BCUT2D eigenvalue weighted by atomic mass is 32.2. The SMILES string of the molecule is CC(C)(C)[S+]([O-])N=Cc1ccc(C(F)(F)F)cc1F. The zero-order chi connectivity index (χ0) is 14.8. The summed E-state index contributed by atoms with van der Waals surface area (Å²) in [6.45, 7) is 5.05. The fraction of sp³-hybridized carbons (Fsp3) is 0.417. The van der Waals surface area contributed by atoms with Crippen LogP contribution in [0.4, 0.5) is 17.6 Å². The van der Waals surface area contributed by atoms with Gasteiger partial charge in [0.25, 0.3) is 0 Å². The summed E-state index contributed by atoms with van der Waals surface area (Å²) < 4.78 is 65.0. The minimum absolute atomic E-state index is 0.134. The first-order chi connectivity index (χ1) is 8.51. The third-order valence-electron chi connectivity index (χ3n) is 2.14. The smallest absolute Gasteiger partial charge is 0.416 e. The van der Waals surface area contributed by atoms with Crippen LogP contribution in [0.15, 0.2) is 22.6 Å². The monoisotopic (exact) mass is 295 g/mol. The van der Waals surface area contributed by atoms with Gasteiger partial charge in [-0.15, -0.1) is 0 Å². The third kappa shape index (κ3) is 4.50. The molecule has 1 unspecified atom stereocenters. The number of nitrogens with zero attached hydrogens (tertiary/aromatic N) is 1. The van der Waals surface area contributed by atoms with Gasteiger partial charge in [-0.3, -0.25) is 0 Å². The zero-order valence-electron chi connectivity index (χ0n) is 10.6. The van der Waals surface area contributed by atoms with E-state index >= 15 is 0 Å². The van der Waals surface area contributed by atoms with Crippen LogP contribution in [0.1, 0.15) is 31.9 Å². The maximum atomic E-state index is 13.4. The Morgan fingerprint density at radius 2 is 1.79 bits per heavy atom. The van der Waals surface area contributed by atoms with E-state index in [9.17, 15) is 22.1 Å². The molecule has 0 aliphatic carbocycles. The third-order valence-corrected chi connectivity index (χ3v) is 3.48. The Balaban J connectivity index is 2.96. The number of benzene rings is 1. The van der Waals surface area contributed by atoms with Crippen molar-refractivity contribution < 1.29 is 22.1 Å². The Morgan fingerprint density at radius 1 is 1.21 bits per heavy atom. The minimum atomic E-state index is -4.59. The van der Waals surface area contributed by atoms with Crippen molar-refractivity contribution in [2.45, 2.75) is 31.7 Å². The van der Waals surface area contributed by atoms with Gasteiger partial charge >= 0.3 is 6.18 Å². The van der Waals surface area contributed by atoms with Crippen LogP contribution in [-0.2, 0) is 17.5 Å². The van der Waals surface area contributed by atoms with Gasteiger partial charge in [0.15, 0.2) is 0 Å². The molecule has 0 saturated heterocycles. The van der Waals surface area contributed by atoms with Crippen LogP contribution in [0.5, 0.6) is 0 Å². The molecule has 0 spiro atoms. The van der Waals surface area contributed by atoms with Crippen molar-refractivity contribution in [1.82, 2.24) is 0 Å². The quantitative estimate of drug-likeness (QED) is 0.465. The molecule has 1 aromatic rings. The van der Waals surface area contributed by atoms with Crippen molar-refractivity contribution in [2.75, 3.05) is 0 Å². The van der Waals surface area contributed by atoms with Crippen molar-refractivity contribution in [3.8, 4) is 0 Å². The van der Waals surface area contributed by atoms with E-state index in [-0.39, 0.29) is 5.56 Å². The second kappa shape index (κ2) is 5.50. The van der Waals surface area contributed by atoms with Crippen LogP contribution in [0.3, 0.4) is 0 Å². The minimum Gasteiger partial charge on any atom is -0.591 e. The van der Waals surface area contributed by atoms with Gasteiger partial charge in [0.1, 0.15) is 21.9 Å². The molecule has 0 amide bonds. The summed E-state index contributed by atoms with van der Waals surface area (Å²) in [6.07, 6.45) is -3.61. The lowest BCUT2D eigenvalue weighted by Crippen LogP contribution is -2.25. The van der Waals surface area contributed by atoms with Crippen LogP contribution in [0.25, 0.3) is 0 Å². The molecule has 1 atom stereocenters. The Labute approximate surface area is 111 Å². The largest absolute Gasteiger partial charge is 0.591 e. The van der Waals surface area contributed by atoms with Crippen molar-refractivity contribution in [3.63, 3.8) is 0 Å². The normalized spacial score (nSPS) is 14.9. The van der Waals surface area contributed by atoms with Crippen molar-refractivity contribution in [1.29, 1.82) is 0 Å². The maximum Gasteiger partial charge on any atom is 0.416 e. The van der Waals surface area contributed by atoms with Crippen molar-refractivity contribution in [2.24, 2.45) is 4.40 Å². The number of hydrogen-bond acceptors (Lipinski definition) is 2. The molecule has 0 aliphatic rings. The molecule has 1 rings (SSSR count). The van der Waals surface area contributed by atoms with Gasteiger partial charge in [-0.25, -0.2) is 4.39 Å². The topological polar surface area (TPSA) is 35.4 Å². The molecule has 1 aromatic carbocycles. The number of halogens is 4. The van der Waals surface area contributed by atoms with Gasteiger partial charge in [-0.05, 0) is 39.0 Å². The van der Waals surface area contributed by atoms with Gasteiger partial charge in [-0.2, -0.15) is 13.2 Å². The van der Waals surface area contributed by atoms with Gasteiger partial charge in [0.2, 0.25) is 0 Å². The highest BCUT2D eigenvalue weighted by Crippen LogP contribution is 2.30. The van der Waals surface area contributed by atoms with Gasteiger partial charge < -0.3 is 4.55 Å². The number of alkyl halides is 3. The Bertz CT molecular complexity index is 480. The van der Waals surface area contributed by atoms with E-state index in [2.05, 4.69) is 4.40 Å². The highest BCUT2D eigenvalue weighted by molar-refractivity contribution is 7.91. The summed E-state index contributed by atoms with van der Waals surface area (Å²) in [5.74, 6) is -1.05. The van der Waals surface area contributed by atoms with Crippen LogP contribution in [-0.4, -0.2) is 15.5 Å². The molecule has 0 bridgehead atoms. The van der Waals surface area contributed by atoms with Gasteiger partial charge in [0.05, 0.1) is 11.8 Å².